The van der Waals surface area contributed by atoms with Crippen molar-refractivity contribution in [2.24, 2.45) is 0 Å². The van der Waals surface area contributed by atoms with Gasteiger partial charge in [-0.25, -0.2) is 0 Å². The zero-order chi connectivity index (χ0) is 13.1. The van der Waals surface area contributed by atoms with Gasteiger partial charge in [0.05, 0.1) is 5.56 Å². The normalized spacial score (nSPS) is 10.3. The molecule has 0 radical (unpaired) electrons. The van der Waals surface area contributed by atoms with Crippen LogP contribution in [0.5, 0.6) is 5.75 Å². The van der Waals surface area contributed by atoms with Crippen molar-refractivity contribution in [3.8, 4) is 16.9 Å². The molecule has 0 aromatic heterocycles. The summed E-state index contributed by atoms with van der Waals surface area (Å²) >= 11 is 0. The predicted molar refractivity (Wildman–Crippen MR) is 73.0 cm³/mol. The zero-order valence-corrected chi connectivity index (χ0v) is 10.6. The number of carbonyl (C=O) groups excluding carboxylic acids is 1. The fourth-order valence-electron chi connectivity index (χ4n) is 2.07. The lowest BCUT2D eigenvalue weighted by molar-refractivity contribution is 0.112. The fraction of sp³-hybridized carbons (Fsp3) is 0.188. The third kappa shape index (κ3) is 2.14. The number of benzene rings is 2. The summed E-state index contributed by atoms with van der Waals surface area (Å²) in [5, 5.41) is 10.1. The molecule has 2 nitrogen and oxygen atoms in total. The minimum absolute atomic E-state index is 0.0641. The smallest absolute Gasteiger partial charge is 0.153 e. The van der Waals surface area contributed by atoms with E-state index in [-0.39, 0.29) is 5.75 Å². The first-order valence-electron chi connectivity index (χ1n) is 6.04. The summed E-state index contributed by atoms with van der Waals surface area (Å²) in [6, 6.07) is 11.5. The van der Waals surface area contributed by atoms with Gasteiger partial charge in [-0.2, -0.15) is 0 Å². The van der Waals surface area contributed by atoms with Crippen molar-refractivity contribution in [1.29, 1.82) is 0 Å². The lowest BCUT2D eigenvalue weighted by atomic mass is 9.96. The van der Waals surface area contributed by atoms with Crippen LogP contribution in [0.2, 0.25) is 0 Å². The number of aldehydes is 1. The van der Waals surface area contributed by atoms with Gasteiger partial charge in [0.1, 0.15) is 5.75 Å². The van der Waals surface area contributed by atoms with E-state index in [0.29, 0.717) is 11.8 Å². The van der Waals surface area contributed by atoms with Gasteiger partial charge < -0.3 is 5.11 Å². The topological polar surface area (TPSA) is 37.3 Å². The molecule has 0 aliphatic carbocycles. The minimum Gasteiger partial charge on any atom is -0.507 e. The Hall–Kier alpha value is -2.09. The summed E-state index contributed by atoms with van der Waals surface area (Å²) in [6.45, 7) is 4.03. The first-order valence-corrected chi connectivity index (χ1v) is 6.04. The van der Waals surface area contributed by atoms with Crippen LogP contribution < -0.4 is 0 Å². The highest BCUT2D eigenvalue weighted by atomic mass is 16.3. The number of hydrogen-bond acceptors (Lipinski definition) is 2. The van der Waals surface area contributed by atoms with E-state index < -0.39 is 0 Å². The zero-order valence-electron chi connectivity index (χ0n) is 10.6. The maximum absolute atomic E-state index is 10.9. The third-order valence-electron chi connectivity index (χ3n) is 3.20. The fourth-order valence-corrected chi connectivity index (χ4v) is 2.07. The maximum atomic E-state index is 10.9. The molecule has 0 aliphatic heterocycles. The molecule has 92 valence electrons. The average molecular weight is 240 g/mol. The molecular weight excluding hydrogens is 224 g/mol. The average Bonchev–Trinajstić information content (AvgIpc) is 2.40. The molecule has 18 heavy (non-hydrogen) atoms. The van der Waals surface area contributed by atoms with Gasteiger partial charge in [0.25, 0.3) is 0 Å². The molecule has 1 N–H and O–H groups in total. The second-order valence-electron chi connectivity index (χ2n) is 4.36. The van der Waals surface area contributed by atoms with Crippen LogP contribution in [0.4, 0.5) is 0 Å². The minimum atomic E-state index is 0.0641. The van der Waals surface area contributed by atoms with Crippen LogP contribution in [0.25, 0.3) is 11.1 Å². The van der Waals surface area contributed by atoms with E-state index >= 15 is 0 Å². The number of aryl methyl sites for hydroxylation is 2. The Kier molecular flexibility index (Phi) is 3.47. The summed E-state index contributed by atoms with van der Waals surface area (Å²) in [7, 11) is 0. The summed E-state index contributed by atoms with van der Waals surface area (Å²) in [5.74, 6) is 0.0641. The Morgan fingerprint density at radius 1 is 1.11 bits per heavy atom. The summed E-state index contributed by atoms with van der Waals surface area (Å²) in [4.78, 5) is 10.9. The van der Waals surface area contributed by atoms with Crippen molar-refractivity contribution in [2.75, 3.05) is 0 Å². The van der Waals surface area contributed by atoms with Gasteiger partial charge in [0.2, 0.25) is 0 Å². The van der Waals surface area contributed by atoms with E-state index in [4.69, 9.17) is 0 Å². The Labute approximate surface area is 107 Å². The first kappa shape index (κ1) is 12.4. The van der Waals surface area contributed by atoms with E-state index in [9.17, 15) is 9.90 Å². The molecule has 0 unspecified atom stereocenters. The molecule has 0 spiro atoms. The first-order chi connectivity index (χ1) is 8.67. The van der Waals surface area contributed by atoms with E-state index in [0.717, 1.165) is 23.1 Å². The van der Waals surface area contributed by atoms with E-state index in [2.05, 4.69) is 6.92 Å². The van der Waals surface area contributed by atoms with Crippen LogP contribution in [0.15, 0.2) is 36.4 Å². The second-order valence-corrected chi connectivity index (χ2v) is 4.36. The van der Waals surface area contributed by atoms with Gasteiger partial charge in [0.15, 0.2) is 6.29 Å². The van der Waals surface area contributed by atoms with E-state index in [1.165, 1.54) is 5.56 Å². The lowest BCUT2D eigenvalue weighted by Gasteiger charge is -2.11. The largest absolute Gasteiger partial charge is 0.507 e. The molecule has 0 fully saturated rings. The molecule has 0 amide bonds. The van der Waals surface area contributed by atoms with Crippen molar-refractivity contribution in [2.45, 2.75) is 20.3 Å². The number of phenols is 1. The standard InChI is InChI=1S/C16H16O2/c1-3-12-5-8-13(9-6-12)15-11(2)4-7-14(10-17)16(15)18/h4-10,18H,3H2,1-2H3. The Bertz CT molecular complexity index is 568. The molecule has 0 saturated carbocycles. The molecule has 0 bridgehead atoms. The summed E-state index contributed by atoms with van der Waals surface area (Å²) in [5.41, 5.74) is 4.22. The monoisotopic (exact) mass is 240 g/mol. The molecule has 2 aromatic carbocycles. The molecule has 0 heterocycles. The van der Waals surface area contributed by atoms with Crippen molar-refractivity contribution >= 4 is 6.29 Å². The predicted octanol–water partition coefficient (Wildman–Crippen LogP) is 3.74. The van der Waals surface area contributed by atoms with Gasteiger partial charge in [-0.1, -0.05) is 37.3 Å². The number of phenolic OH excluding ortho intramolecular Hbond substituents is 1. The van der Waals surface area contributed by atoms with Crippen molar-refractivity contribution in [3.63, 3.8) is 0 Å². The third-order valence-corrected chi connectivity index (χ3v) is 3.20. The Morgan fingerprint density at radius 2 is 1.78 bits per heavy atom. The van der Waals surface area contributed by atoms with Crippen LogP contribution in [0.3, 0.4) is 0 Å². The highest BCUT2D eigenvalue weighted by Crippen LogP contribution is 2.34. The van der Waals surface area contributed by atoms with Crippen molar-refractivity contribution < 1.29 is 9.90 Å². The van der Waals surface area contributed by atoms with Crippen molar-refractivity contribution in [1.82, 2.24) is 0 Å². The quantitative estimate of drug-likeness (QED) is 0.830. The van der Waals surface area contributed by atoms with E-state index in [1.807, 2.05) is 37.3 Å². The van der Waals surface area contributed by atoms with E-state index in [1.54, 1.807) is 6.07 Å². The number of aromatic hydroxyl groups is 1. The van der Waals surface area contributed by atoms with Gasteiger partial charge in [0, 0.05) is 5.56 Å². The number of rotatable bonds is 3. The van der Waals surface area contributed by atoms with Gasteiger partial charge in [-0.15, -0.1) is 0 Å². The van der Waals surface area contributed by atoms with Gasteiger partial charge in [-0.05, 0) is 36.1 Å². The summed E-state index contributed by atoms with van der Waals surface area (Å²) in [6.07, 6.45) is 1.66. The molecule has 0 atom stereocenters. The van der Waals surface area contributed by atoms with Crippen LogP contribution >= 0.6 is 0 Å². The molecule has 0 saturated heterocycles. The highest BCUT2D eigenvalue weighted by Gasteiger charge is 2.11. The molecule has 2 aromatic rings. The SMILES string of the molecule is CCc1ccc(-c2c(C)ccc(C=O)c2O)cc1. The number of carbonyl (C=O) groups is 1. The molecular formula is C16H16O2. The molecule has 2 rings (SSSR count). The molecule has 0 aliphatic rings. The van der Waals surface area contributed by atoms with Crippen LogP contribution in [-0.2, 0) is 6.42 Å². The number of hydrogen-bond donors (Lipinski definition) is 1. The lowest BCUT2D eigenvalue weighted by Crippen LogP contribution is -1.90. The van der Waals surface area contributed by atoms with Crippen LogP contribution in [0.1, 0.15) is 28.4 Å². The van der Waals surface area contributed by atoms with Crippen LogP contribution in [0, 0.1) is 6.92 Å². The summed E-state index contributed by atoms with van der Waals surface area (Å²) < 4.78 is 0. The second kappa shape index (κ2) is 5.05. The maximum Gasteiger partial charge on any atom is 0.153 e. The van der Waals surface area contributed by atoms with Gasteiger partial charge >= 0.3 is 0 Å². The van der Waals surface area contributed by atoms with Crippen LogP contribution in [-0.4, -0.2) is 11.4 Å². The molecule has 2 heteroatoms. The Balaban J connectivity index is 2.58. The highest BCUT2D eigenvalue weighted by molar-refractivity contribution is 5.87. The Morgan fingerprint density at radius 3 is 2.33 bits per heavy atom. The van der Waals surface area contributed by atoms with Crippen molar-refractivity contribution in [3.05, 3.63) is 53.1 Å². The van der Waals surface area contributed by atoms with Gasteiger partial charge in [-0.3, -0.25) is 4.79 Å².